The molecular formula is C12H17F2N. The maximum atomic E-state index is 13.0. The van der Waals surface area contributed by atoms with Gasteiger partial charge >= 0.3 is 0 Å². The van der Waals surface area contributed by atoms with E-state index >= 15 is 0 Å². The van der Waals surface area contributed by atoms with Gasteiger partial charge in [-0.15, -0.1) is 0 Å². The van der Waals surface area contributed by atoms with Crippen LogP contribution in [0.3, 0.4) is 0 Å². The Morgan fingerprint density at radius 2 is 1.87 bits per heavy atom. The van der Waals surface area contributed by atoms with Gasteiger partial charge in [0, 0.05) is 6.04 Å². The van der Waals surface area contributed by atoms with Crippen LogP contribution in [0.25, 0.3) is 0 Å². The Labute approximate surface area is 89.5 Å². The van der Waals surface area contributed by atoms with E-state index in [0.29, 0.717) is 5.92 Å². The van der Waals surface area contributed by atoms with Gasteiger partial charge in [-0.2, -0.15) is 0 Å². The lowest BCUT2D eigenvalue weighted by molar-refractivity contribution is 0.417. The smallest absolute Gasteiger partial charge is 0.159 e. The van der Waals surface area contributed by atoms with Crippen molar-refractivity contribution in [2.24, 2.45) is 5.92 Å². The second-order valence-electron chi connectivity index (χ2n) is 3.95. The number of hydrogen-bond acceptors (Lipinski definition) is 1. The largest absolute Gasteiger partial charge is 0.310 e. The van der Waals surface area contributed by atoms with Crippen LogP contribution in [0.1, 0.15) is 32.4 Å². The summed E-state index contributed by atoms with van der Waals surface area (Å²) in [5.74, 6) is -1.23. The molecule has 3 heteroatoms. The highest BCUT2D eigenvalue weighted by molar-refractivity contribution is 5.21. The second-order valence-corrected chi connectivity index (χ2v) is 3.95. The lowest BCUT2D eigenvalue weighted by Gasteiger charge is -2.22. The van der Waals surface area contributed by atoms with E-state index in [9.17, 15) is 8.78 Å². The van der Waals surface area contributed by atoms with Gasteiger partial charge in [0.2, 0.25) is 0 Å². The van der Waals surface area contributed by atoms with Gasteiger partial charge in [0.05, 0.1) is 0 Å². The van der Waals surface area contributed by atoms with Crippen LogP contribution in [0.5, 0.6) is 0 Å². The van der Waals surface area contributed by atoms with Crippen molar-refractivity contribution in [3.8, 4) is 0 Å². The van der Waals surface area contributed by atoms with Crippen molar-refractivity contribution in [3.63, 3.8) is 0 Å². The zero-order valence-electron chi connectivity index (χ0n) is 9.35. The molecule has 0 saturated carbocycles. The summed E-state index contributed by atoms with van der Waals surface area (Å²) >= 11 is 0. The number of hydrogen-bond donors (Lipinski definition) is 1. The molecule has 0 heterocycles. The Balaban J connectivity index is 2.95. The molecule has 1 N–H and O–H groups in total. The molecule has 0 aliphatic heterocycles. The molecule has 0 spiro atoms. The summed E-state index contributed by atoms with van der Waals surface area (Å²) in [6.07, 6.45) is 0. The van der Waals surface area contributed by atoms with Crippen LogP contribution in [0.15, 0.2) is 18.2 Å². The molecule has 0 aliphatic carbocycles. The Bertz CT molecular complexity index is 323. The SMILES string of the molecule is CCNC(c1ccc(F)c(F)c1)C(C)C. The van der Waals surface area contributed by atoms with Crippen molar-refractivity contribution in [2.45, 2.75) is 26.8 Å². The van der Waals surface area contributed by atoms with Crippen LogP contribution in [0, 0.1) is 17.6 Å². The minimum atomic E-state index is -0.794. The molecule has 1 aromatic carbocycles. The third kappa shape index (κ3) is 2.99. The van der Waals surface area contributed by atoms with Gasteiger partial charge in [-0.3, -0.25) is 0 Å². The van der Waals surface area contributed by atoms with Crippen molar-refractivity contribution in [1.29, 1.82) is 0 Å². The van der Waals surface area contributed by atoms with Crippen LogP contribution in [-0.2, 0) is 0 Å². The van der Waals surface area contributed by atoms with Crippen LogP contribution >= 0.6 is 0 Å². The lowest BCUT2D eigenvalue weighted by atomic mass is 9.96. The average Bonchev–Trinajstić information content (AvgIpc) is 2.18. The van der Waals surface area contributed by atoms with Gasteiger partial charge in [0.1, 0.15) is 0 Å². The molecule has 0 aliphatic rings. The highest BCUT2D eigenvalue weighted by Crippen LogP contribution is 2.22. The minimum Gasteiger partial charge on any atom is -0.310 e. The van der Waals surface area contributed by atoms with Crippen molar-refractivity contribution in [2.75, 3.05) is 6.54 Å². The van der Waals surface area contributed by atoms with Gasteiger partial charge in [-0.05, 0) is 30.2 Å². The molecule has 0 radical (unpaired) electrons. The maximum Gasteiger partial charge on any atom is 0.159 e. The van der Waals surface area contributed by atoms with E-state index in [2.05, 4.69) is 19.2 Å². The standard InChI is InChI=1S/C12H17F2N/c1-4-15-12(8(2)3)9-5-6-10(13)11(14)7-9/h5-8,12,15H,4H2,1-3H3. The molecule has 84 valence electrons. The summed E-state index contributed by atoms with van der Waals surface area (Å²) in [6, 6.07) is 4.15. The quantitative estimate of drug-likeness (QED) is 0.809. The highest BCUT2D eigenvalue weighted by Gasteiger charge is 2.15. The zero-order chi connectivity index (χ0) is 11.4. The Morgan fingerprint density at radius 1 is 1.20 bits per heavy atom. The van der Waals surface area contributed by atoms with Gasteiger partial charge < -0.3 is 5.32 Å². The van der Waals surface area contributed by atoms with E-state index in [1.165, 1.54) is 12.1 Å². The Hall–Kier alpha value is -0.960. The molecule has 0 bridgehead atoms. The van der Waals surface area contributed by atoms with E-state index in [-0.39, 0.29) is 6.04 Å². The summed E-state index contributed by atoms with van der Waals surface area (Å²) in [6.45, 7) is 6.90. The summed E-state index contributed by atoms with van der Waals surface area (Å²) in [7, 11) is 0. The first-order valence-corrected chi connectivity index (χ1v) is 5.24. The summed E-state index contributed by atoms with van der Waals surface area (Å²) in [4.78, 5) is 0. The predicted molar refractivity (Wildman–Crippen MR) is 57.6 cm³/mol. The third-order valence-corrected chi connectivity index (χ3v) is 2.39. The van der Waals surface area contributed by atoms with E-state index in [1.54, 1.807) is 6.07 Å². The van der Waals surface area contributed by atoms with Crippen LogP contribution in [-0.4, -0.2) is 6.54 Å². The van der Waals surface area contributed by atoms with Crippen LogP contribution < -0.4 is 5.32 Å². The minimum absolute atomic E-state index is 0.0742. The van der Waals surface area contributed by atoms with Crippen molar-refractivity contribution in [1.82, 2.24) is 5.32 Å². The lowest BCUT2D eigenvalue weighted by Crippen LogP contribution is -2.25. The topological polar surface area (TPSA) is 12.0 Å². The third-order valence-electron chi connectivity index (χ3n) is 2.39. The summed E-state index contributed by atoms with van der Waals surface area (Å²) in [5.41, 5.74) is 0.797. The summed E-state index contributed by atoms with van der Waals surface area (Å²) in [5, 5.41) is 3.26. The molecule has 0 fully saturated rings. The predicted octanol–water partition coefficient (Wildman–Crippen LogP) is 3.27. The molecule has 0 aromatic heterocycles. The van der Waals surface area contributed by atoms with Gasteiger partial charge in [0.15, 0.2) is 11.6 Å². The fraction of sp³-hybridized carbons (Fsp3) is 0.500. The number of benzene rings is 1. The Kier molecular flexibility index (Phi) is 4.21. The molecule has 0 amide bonds. The van der Waals surface area contributed by atoms with E-state index in [1.807, 2.05) is 6.92 Å². The van der Waals surface area contributed by atoms with Crippen molar-refractivity contribution in [3.05, 3.63) is 35.4 Å². The molecular weight excluding hydrogens is 196 g/mol. The molecule has 1 unspecified atom stereocenters. The fourth-order valence-corrected chi connectivity index (χ4v) is 1.66. The zero-order valence-corrected chi connectivity index (χ0v) is 9.35. The van der Waals surface area contributed by atoms with E-state index in [4.69, 9.17) is 0 Å². The van der Waals surface area contributed by atoms with E-state index in [0.717, 1.165) is 12.1 Å². The van der Waals surface area contributed by atoms with Gasteiger partial charge in [-0.25, -0.2) is 8.78 Å². The molecule has 0 saturated heterocycles. The molecule has 1 nitrogen and oxygen atoms in total. The molecule has 1 atom stereocenters. The van der Waals surface area contributed by atoms with E-state index < -0.39 is 11.6 Å². The van der Waals surface area contributed by atoms with Crippen LogP contribution in [0.2, 0.25) is 0 Å². The van der Waals surface area contributed by atoms with Crippen molar-refractivity contribution < 1.29 is 8.78 Å². The second kappa shape index (κ2) is 5.21. The van der Waals surface area contributed by atoms with Crippen LogP contribution in [0.4, 0.5) is 8.78 Å². The summed E-state index contributed by atoms with van der Waals surface area (Å²) < 4.78 is 25.8. The normalized spacial score (nSPS) is 13.2. The van der Waals surface area contributed by atoms with Gasteiger partial charge in [-0.1, -0.05) is 26.8 Å². The fourth-order valence-electron chi connectivity index (χ4n) is 1.66. The first kappa shape index (κ1) is 12.1. The number of nitrogens with one attached hydrogen (secondary N) is 1. The highest BCUT2D eigenvalue weighted by atomic mass is 19.2. The first-order chi connectivity index (χ1) is 7.06. The molecule has 1 aromatic rings. The first-order valence-electron chi connectivity index (χ1n) is 5.24. The number of rotatable bonds is 4. The van der Waals surface area contributed by atoms with Gasteiger partial charge in [0.25, 0.3) is 0 Å². The maximum absolute atomic E-state index is 13.0. The average molecular weight is 213 g/mol. The van der Waals surface area contributed by atoms with Crippen molar-refractivity contribution >= 4 is 0 Å². The number of halogens is 2. The molecule has 15 heavy (non-hydrogen) atoms. The molecule has 1 rings (SSSR count). The monoisotopic (exact) mass is 213 g/mol. The Morgan fingerprint density at radius 3 is 2.33 bits per heavy atom.